The number of carbonyl (C=O) groups excluding carboxylic acids is 2. The Labute approximate surface area is 122 Å². The standard InChI is InChI=1S/C15H16N2O2S/c18-14(10-16-8-9-20-11-15(16)19)17-7-3-5-12-4-1-2-6-13(12)17/h1-2,4,6,8-9H,3,5,7,10-11H2. The van der Waals surface area contributed by atoms with Crippen LogP contribution in [0.3, 0.4) is 0 Å². The molecule has 0 saturated carbocycles. The molecule has 20 heavy (non-hydrogen) atoms. The maximum Gasteiger partial charge on any atom is 0.247 e. The molecule has 4 nitrogen and oxygen atoms in total. The molecule has 0 aromatic heterocycles. The number of aryl methyl sites for hydroxylation is 1. The van der Waals surface area contributed by atoms with Gasteiger partial charge < -0.3 is 9.80 Å². The fraction of sp³-hybridized carbons (Fsp3) is 0.333. The average Bonchev–Trinajstić information content (AvgIpc) is 2.49. The smallest absolute Gasteiger partial charge is 0.247 e. The van der Waals surface area contributed by atoms with Crippen LogP contribution in [0.2, 0.25) is 0 Å². The number of anilines is 1. The zero-order valence-electron chi connectivity index (χ0n) is 11.1. The second-order valence-electron chi connectivity index (χ2n) is 4.90. The molecule has 1 aromatic carbocycles. The molecule has 2 heterocycles. The van der Waals surface area contributed by atoms with Gasteiger partial charge in [0.2, 0.25) is 11.8 Å². The highest BCUT2D eigenvalue weighted by molar-refractivity contribution is 8.02. The van der Waals surface area contributed by atoms with E-state index in [2.05, 4.69) is 6.07 Å². The summed E-state index contributed by atoms with van der Waals surface area (Å²) < 4.78 is 0. The third kappa shape index (κ3) is 2.58. The van der Waals surface area contributed by atoms with Crippen LogP contribution in [-0.2, 0) is 16.0 Å². The van der Waals surface area contributed by atoms with Gasteiger partial charge in [-0.15, -0.1) is 11.8 Å². The summed E-state index contributed by atoms with van der Waals surface area (Å²) in [5.74, 6) is 0.401. The van der Waals surface area contributed by atoms with E-state index in [1.54, 1.807) is 6.20 Å². The molecule has 0 saturated heterocycles. The number of amides is 2. The number of fused-ring (bicyclic) bond motifs is 1. The summed E-state index contributed by atoms with van der Waals surface area (Å²) in [5.41, 5.74) is 2.20. The Balaban J connectivity index is 1.77. The number of carbonyl (C=O) groups is 2. The van der Waals surface area contributed by atoms with Crippen molar-refractivity contribution in [2.24, 2.45) is 0 Å². The molecule has 0 N–H and O–H groups in total. The van der Waals surface area contributed by atoms with E-state index in [0.717, 1.165) is 25.1 Å². The number of hydrogen-bond donors (Lipinski definition) is 0. The van der Waals surface area contributed by atoms with E-state index in [4.69, 9.17) is 0 Å². The third-order valence-electron chi connectivity index (χ3n) is 3.58. The van der Waals surface area contributed by atoms with Crippen molar-refractivity contribution >= 4 is 29.3 Å². The average molecular weight is 288 g/mol. The van der Waals surface area contributed by atoms with Crippen LogP contribution in [0.4, 0.5) is 5.69 Å². The number of thioether (sulfide) groups is 1. The number of benzene rings is 1. The van der Waals surface area contributed by atoms with Gasteiger partial charge in [0, 0.05) is 18.4 Å². The van der Waals surface area contributed by atoms with Crippen LogP contribution in [0, 0.1) is 0 Å². The van der Waals surface area contributed by atoms with E-state index < -0.39 is 0 Å². The van der Waals surface area contributed by atoms with E-state index in [9.17, 15) is 9.59 Å². The summed E-state index contributed by atoms with van der Waals surface area (Å²) in [7, 11) is 0. The highest BCUT2D eigenvalue weighted by Gasteiger charge is 2.25. The Bertz CT molecular complexity index is 571. The fourth-order valence-corrected chi connectivity index (χ4v) is 3.20. The van der Waals surface area contributed by atoms with Crippen molar-refractivity contribution in [1.29, 1.82) is 0 Å². The van der Waals surface area contributed by atoms with Gasteiger partial charge in [0.1, 0.15) is 6.54 Å². The van der Waals surface area contributed by atoms with Crippen LogP contribution in [-0.4, -0.2) is 35.6 Å². The molecule has 1 aromatic rings. The first-order chi connectivity index (χ1) is 9.75. The van der Waals surface area contributed by atoms with E-state index in [1.165, 1.54) is 22.2 Å². The van der Waals surface area contributed by atoms with Crippen LogP contribution >= 0.6 is 11.8 Å². The molecular weight excluding hydrogens is 272 g/mol. The van der Waals surface area contributed by atoms with Gasteiger partial charge in [0.25, 0.3) is 0 Å². The fourth-order valence-electron chi connectivity index (χ4n) is 2.57. The van der Waals surface area contributed by atoms with Crippen LogP contribution in [0.25, 0.3) is 0 Å². The lowest BCUT2D eigenvalue weighted by Gasteiger charge is -2.31. The molecule has 2 aliphatic heterocycles. The summed E-state index contributed by atoms with van der Waals surface area (Å²) >= 11 is 1.46. The molecule has 3 rings (SSSR count). The minimum Gasteiger partial charge on any atom is -0.311 e. The topological polar surface area (TPSA) is 40.6 Å². The molecule has 0 unspecified atom stereocenters. The second kappa shape index (κ2) is 5.71. The van der Waals surface area contributed by atoms with Crippen molar-refractivity contribution in [3.8, 4) is 0 Å². The normalized spacial score (nSPS) is 18.1. The van der Waals surface area contributed by atoms with E-state index in [0.29, 0.717) is 5.75 Å². The van der Waals surface area contributed by atoms with Gasteiger partial charge in [-0.3, -0.25) is 9.59 Å². The lowest BCUT2D eigenvalue weighted by atomic mass is 10.0. The van der Waals surface area contributed by atoms with Crippen LogP contribution in [0.1, 0.15) is 12.0 Å². The molecule has 0 fully saturated rings. The molecule has 0 atom stereocenters. The molecule has 0 radical (unpaired) electrons. The van der Waals surface area contributed by atoms with E-state index in [1.807, 2.05) is 28.5 Å². The molecular formula is C15H16N2O2S. The summed E-state index contributed by atoms with van der Waals surface area (Å²) in [6.07, 6.45) is 3.69. The zero-order chi connectivity index (χ0) is 13.9. The van der Waals surface area contributed by atoms with Gasteiger partial charge in [0.15, 0.2) is 0 Å². The molecule has 0 bridgehead atoms. The van der Waals surface area contributed by atoms with Crippen LogP contribution in [0.15, 0.2) is 35.9 Å². The summed E-state index contributed by atoms with van der Waals surface area (Å²) in [6.45, 7) is 0.862. The largest absolute Gasteiger partial charge is 0.311 e. The lowest BCUT2D eigenvalue weighted by molar-refractivity contribution is -0.130. The minimum absolute atomic E-state index is 0.00357. The Morgan fingerprint density at radius 2 is 2.15 bits per heavy atom. The van der Waals surface area contributed by atoms with Gasteiger partial charge in [-0.1, -0.05) is 18.2 Å². The van der Waals surface area contributed by atoms with E-state index >= 15 is 0 Å². The number of rotatable bonds is 2. The molecule has 104 valence electrons. The predicted molar refractivity (Wildman–Crippen MR) is 80.4 cm³/mol. The Kier molecular flexibility index (Phi) is 3.78. The third-order valence-corrected chi connectivity index (χ3v) is 4.31. The maximum absolute atomic E-state index is 12.5. The van der Waals surface area contributed by atoms with Crippen molar-refractivity contribution in [1.82, 2.24) is 4.90 Å². The lowest BCUT2D eigenvalue weighted by Crippen LogP contribution is -2.43. The summed E-state index contributed by atoms with van der Waals surface area (Å²) in [5, 5.41) is 1.86. The van der Waals surface area contributed by atoms with Gasteiger partial charge in [-0.2, -0.15) is 0 Å². The highest BCUT2D eigenvalue weighted by atomic mass is 32.2. The highest BCUT2D eigenvalue weighted by Crippen LogP contribution is 2.27. The predicted octanol–water partition coefficient (Wildman–Crippen LogP) is 2.01. The van der Waals surface area contributed by atoms with E-state index in [-0.39, 0.29) is 18.4 Å². The zero-order valence-corrected chi connectivity index (χ0v) is 11.9. The Morgan fingerprint density at radius 3 is 3.00 bits per heavy atom. The first-order valence-electron chi connectivity index (χ1n) is 6.72. The first-order valence-corrected chi connectivity index (χ1v) is 7.76. The maximum atomic E-state index is 12.5. The van der Waals surface area contributed by atoms with Crippen LogP contribution < -0.4 is 4.90 Å². The second-order valence-corrected chi connectivity index (χ2v) is 5.79. The van der Waals surface area contributed by atoms with Crippen molar-refractivity contribution < 1.29 is 9.59 Å². The van der Waals surface area contributed by atoms with Gasteiger partial charge in [-0.25, -0.2) is 0 Å². The number of hydrogen-bond acceptors (Lipinski definition) is 3. The van der Waals surface area contributed by atoms with Gasteiger partial charge >= 0.3 is 0 Å². The number of nitrogens with zero attached hydrogens (tertiary/aromatic N) is 2. The number of para-hydroxylation sites is 1. The Morgan fingerprint density at radius 1 is 1.30 bits per heavy atom. The van der Waals surface area contributed by atoms with Crippen LogP contribution in [0.5, 0.6) is 0 Å². The minimum atomic E-state index is -0.0120. The molecule has 5 heteroatoms. The van der Waals surface area contributed by atoms with Gasteiger partial charge in [0.05, 0.1) is 5.75 Å². The molecule has 2 aliphatic rings. The Hall–Kier alpha value is -1.75. The first kappa shape index (κ1) is 13.2. The SMILES string of the molecule is O=C1CSC=CN1CC(=O)N1CCCc2ccccc21. The summed E-state index contributed by atoms with van der Waals surface area (Å²) in [6, 6.07) is 8.00. The van der Waals surface area contributed by atoms with Crippen molar-refractivity contribution in [3.05, 3.63) is 41.4 Å². The molecule has 0 spiro atoms. The molecule has 0 aliphatic carbocycles. The van der Waals surface area contributed by atoms with Crippen molar-refractivity contribution in [3.63, 3.8) is 0 Å². The molecule has 2 amide bonds. The quantitative estimate of drug-likeness (QED) is 0.836. The van der Waals surface area contributed by atoms with Crippen molar-refractivity contribution in [2.45, 2.75) is 12.8 Å². The van der Waals surface area contributed by atoms with Gasteiger partial charge in [-0.05, 0) is 29.9 Å². The summed E-state index contributed by atoms with van der Waals surface area (Å²) in [4.78, 5) is 27.5. The van der Waals surface area contributed by atoms with Crippen molar-refractivity contribution in [2.75, 3.05) is 23.7 Å². The monoisotopic (exact) mass is 288 g/mol.